The molecule has 5 rings (SSSR count). The smallest absolute Gasteiger partial charge is 0.164 e. The lowest BCUT2D eigenvalue weighted by Crippen LogP contribution is -2.05. The maximum absolute atomic E-state index is 14.4. The van der Waals surface area contributed by atoms with Crippen molar-refractivity contribution in [1.82, 2.24) is 24.7 Å². The van der Waals surface area contributed by atoms with Gasteiger partial charge in [0, 0.05) is 23.0 Å². The molecule has 9 heteroatoms. The lowest BCUT2D eigenvalue weighted by molar-refractivity contribution is 0.414. The first-order chi connectivity index (χ1) is 16.5. The summed E-state index contributed by atoms with van der Waals surface area (Å²) in [5.74, 6) is 1.14. The molecule has 0 atom stereocenters. The molecular formula is C25H20ClFN6O. The number of hydrogen-bond acceptors (Lipinski definition) is 6. The molecule has 5 aromatic rings. The Kier molecular flexibility index (Phi) is 5.81. The van der Waals surface area contributed by atoms with Crippen molar-refractivity contribution >= 4 is 34.1 Å². The third kappa shape index (κ3) is 4.27. The van der Waals surface area contributed by atoms with Gasteiger partial charge in [0.25, 0.3) is 0 Å². The van der Waals surface area contributed by atoms with Crippen LogP contribution in [0.4, 0.5) is 15.9 Å². The number of aromatic nitrogens is 5. The number of aryl methyl sites for hydroxylation is 1. The molecule has 170 valence electrons. The number of pyridine rings is 1. The Morgan fingerprint density at radius 3 is 2.68 bits per heavy atom. The number of hydrogen-bond donors (Lipinski definition) is 1. The maximum Gasteiger partial charge on any atom is 0.164 e. The highest BCUT2D eigenvalue weighted by Crippen LogP contribution is 2.29. The number of nitrogens with one attached hydrogen (secondary N) is 1. The van der Waals surface area contributed by atoms with Crippen molar-refractivity contribution in [2.24, 2.45) is 0 Å². The summed E-state index contributed by atoms with van der Waals surface area (Å²) in [5, 5.41) is 8.30. The summed E-state index contributed by atoms with van der Waals surface area (Å²) < 4.78 is 21.5. The highest BCUT2D eigenvalue weighted by molar-refractivity contribution is 6.30. The Balaban J connectivity index is 1.52. The van der Waals surface area contributed by atoms with Gasteiger partial charge in [-0.3, -0.25) is 9.67 Å². The number of benzene rings is 2. The summed E-state index contributed by atoms with van der Waals surface area (Å²) in [5.41, 5.74) is 4.45. The van der Waals surface area contributed by atoms with Gasteiger partial charge in [0.2, 0.25) is 0 Å². The van der Waals surface area contributed by atoms with E-state index in [0.717, 1.165) is 33.6 Å². The molecule has 0 radical (unpaired) electrons. The van der Waals surface area contributed by atoms with E-state index in [4.69, 9.17) is 16.3 Å². The molecule has 0 saturated heterocycles. The Morgan fingerprint density at radius 2 is 1.88 bits per heavy atom. The fourth-order valence-corrected chi connectivity index (χ4v) is 3.81. The first kappa shape index (κ1) is 21.8. The second-order valence-corrected chi connectivity index (χ2v) is 8.15. The standard InChI is InChI=1S/C25H20ClFN6O/c1-15-12-29-25(19-11-17(26)5-8-20(19)27)32-24(15)31-21-9-10-28-22-13-30-33(23(21)22)14-16-3-6-18(34-2)7-4-16/h3-13H,14H2,1-2H3,(H,28,29,31,32). The van der Waals surface area contributed by atoms with Crippen molar-refractivity contribution in [1.29, 1.82) is 0 Å². The zero-order chi connectivity index (χ0) is 23.7. The number of halogens is 2. The summed E-state index contributed by atoms with van der Waals surface area (Å²) in [6.45, 7) is 2.43. The van der Waals surface area contributed by atoms with Gasteiger partial charge in [-0.25, -0.2) is 14.4 Å². The molecule has 34 heavy (non-hydrogen) atoms. The average Bonchev–Trinajstić information content (AvgIpc) is 3.26. The van der Waals surface area contributed by atoms with Crippen molar-refractivity contribution in [3.05, 3.63) is 89.1 Å². The van der Waals surface area contributed by atoms with Crippen molar-refractivity contribution in [3.8, 4) is 17.1 Å². The predicted octanol–water partition coefficient (Wildman–Crippen LogP) is 5.79. The van der Waals surface area contributed by atoms with E-state index in [9.17, 15) is 4.39 Å². The number of rotatable bonds is 6. The Bertz CT molecular complexity index is 1490. The molecule has 2 aromatic carbocycles. The normalized spacial score (nSPS) is 11.1. The van der Waals surface area contributed by atoms with E-state index in [0.29, 0.717) is 17.4 Å². The number of fused-ring (bicyclic) bond motifs is 1. The quantitative estimate of drug-likeness (QED) is 0.335. The molecule has 0 amide bonds. The maximum atomic E-state index is 14.4. The van der Waals surface area contributed by atoms with Crippen LogP contribution in [0.1, 0.15) is 11.1 Å². The van der Waals surface area contributed by atoms with Gasteiger partial charge < -0.3 is 10.1 Å². The van der Waals surface area contributed by atoms with Gasteiger partial charge in [0.15, 0.2) is 5.82 Å². The topological polar surface area (TPSA) is 77.8 Å². The fraction of sp³-hybridized carbons (Fsp3) is 0.120. The Hall–Kier alpha value is -4.04. The second-order valence-electron chi connectivity index (χ2n) is 7.72. The molecule has 1 N–H and O–H groups in total. The molecule has 0 spiro atoms. The van der Waals surface area contributed by atoms with E-state index < -0.39 is 5.82 Å². The molecular weight excluding hydrogens is 455 g/mol. The third-order valence-corrected chi connectivity index (χ3v) is 5.65. The van der Waals surface area contributed by atoms with Crippen LogP contribution < -0.4 is 10.1 Å². The van der Waals surface area contributed by atoms with E-state index in [1.807, 2.05) is 41.9 Å². The van der Waals surface area contributed by atoms with E-state index >= 15 is 0 Å². The number of nitrogens with zero attached hydrogens (tertiary/aromatic N) is 5. The van der Waals surface area contributed by atoms with E-state index in [-0.39, 0.29) is 11.4 Å². The predicted molar refractivity (Wildman–Crippen MR) is 130 cm³/mol. The minimum absolute atomic E-state index is 0.236. The highest BCUT2D eigenvalue weighted by atomic mass is 35.5. The van der Waals surface area contributed by atoms with Crippen LogP contribution in [0.3, 0.4) is 0 Å². The molecule has 0 aliphatic heterocycles. The summed E-state index contributed by atoms with van der Waals surface area (Å²) in [6, 6.07) is 14.0. The summed E-state index contributed by atoms with van der Waals surface area (Å²) >= 11 is 6.06. The molecule has 0 bridgehead atoms. The lowest BCUT2D eigenvalue weighted by Gasteiger charge is -2.13. The fourth-order valence-electron chi connectivity index (χ4n) is 3.64. The van der Waals surface area contributed by atoms with Crippen LogP contribution in [0.2, 0.25) is 5.02 Å². The molecule has 0 aliphatic carbocycles. The first-order valence-corrected chi connectivity index (χ1v) is 10.9. The van der Waals surface area contributed by atoms with Crippen LogP contribution in [-0.4, -0.2) is 31.8 Å². The first-order valence-electron chi connectivity index (χ1n) is 10.5. The Morgan fingerprint density at radius 1 is 1.06 bits per heavy atom. The molecule has 0 unspecified atom stereocenters. The van der Waals surface area contributed by atoms with E-state index in [1.165, 1.54) is 18.2 Å². The number of methoxy groups -OCH3 is 1. The van der Waals surface area contributed by atoms with Crippen LogP contribution in [-0.2, 0) is 6.54 Å². The van der Waals surface area contributed by atoms with Gasteiger partial charge in [-0.15, -0.1) is 0 Å². The summed E-state index contributed by atoms with van der Waals surface area (Å²) in [6.07, 6.45) is 5.08. The molecule has 3 aromatic heterocycles. The van der Waals surface area contributed by atoms with Crippen LogP contribution >= 0.6 is 11.6 Å². The van der Waals surface area contributed by atoms with Crippen LogP contribution in [0, 0.1) is 12.7 Å². The third-order valence-electron chi connectivity index (χ3n) is 5.42. The van der Waals surface area contributed by atoms with Gasteiger partial charge in [0.05, 0.1) is 31.1 Å². The van der Waals surface area contributed by atoms with Gasteiger partial charge in [-0.05, 0) is 48.9 Å². The second kappa shape index (κ2) is 9.07. The largest absolute Gasteiger partial charge is 0.497 e. The molecule has 0 fully saturated rings. The van der Waals surface area contributed by atoms with Crippen molar-refractivity contribution in [2.75, 3.05) is 12.4 Å². The summed E-state index contributed by atoms with van der Waals surface area (Å²) in [4.78, 5) is 13.3. The minimum atomic E-state index is -0.442. The van der Waals surface area contributed by atoms with E-state index in [1.54, 1.807) is 25.7 Å². The highest BCUT2D eigenvalue weighted by Gasteiger charge is 2.15. The van der Waals surface area contributed by atoms with Gasteiger partial charge >= 0.3 is 0 Å². The van der Waals surface area contributed by atoms with Crippen molar-refractivity contribution in [3.63, 3.8) is 0 Å². The zero-order valence-electron chi connectivity index (χ0n) is 18.5. The zero-order valence-corrected chi connectivity index (χ0v) is 19.2. The average molecular weight is 475 g/mol. The van der Waals surface area contributed by atoms with Gasteiger partial charge in [-0.1, -0.05) is 23.7 Å². The monoisotopic (exact) mass is 474 g/mol. The van der Waals surface area contributed by atoms with Gasteiger partial charge in [0.1, 0.15) is 28.4 Å². The van der Waals surface area contributed by atoms with E-state index in [2.05, 4.69) is 25.4 Å². The van der Waals surface area contributed by atoms with Crippen molar-refractivity contribution in [2.45, 2.75) is 13.5 Å². The summed E-state index contributed by atoms with van der Waals surface area (Å²) in [7, 11) is 1.64. The van der Waals surface area contributed by atoms with Crippen LogP contribution in [0.5, 0.6) is 5.75 Å². The molecule has 0 aliphatic rings. The Labute approximate surface area is 200 Å². The number of ether oxygens (including phenoxy) is 1. The minimum Gasteiger partial charge on any atom is -0.497 e. The van der Waals surface area contributed by atoms with Crippen LogP contribution in [0.25, 0.3) is 22.4 Å². The van der Waals surface area contributed by atoms with Crippen LogP contribution in [0.15, 0.2) is 67.1 Å². The van der Waals surface area contributed by atoms with Gasteiger partial charge in [-0.2, -0.15) is 5.10 Å². The SMILES string of the molecule is COc1ccc(Cn2ncc3nccc(Nc4nc(-c5cc(Cl)ccc5F)ncc4C)c32)cc1. The lowest BCUT2D eigenvalue weighted by atomic mass is 10.2. The van der Waals surface area contributed by atoms with Crippen molar-refractivity contribution < 1.29 is 9.13 Å². The molecule has 3 heterocycles. The number of anilines is 2. The molecule has 7 nitrogen and oxygen atoms in total. The molecule has 0 saturated carbocycles.